The highest BCUT2D eigenvalue weighted by Crippen LogP contribution is 2.18. The van der Waals surface area contributed by atoms with Crippen molar-refractivity contribution in [2.75, 3.05) is 0 Å². The van der Waals surface area contributed by atoms with Crippen LogP contribution in [0, 0.1) is 5.92 Å². The summed E-state index contributed by atoms with van der Waals surface area (Å²) >= 11 is 0. The minimum Gasteiger partial charge on any atom is -0.393 e. The predicted molar refractivity (Wildman–Crippen MR) is 159 cm³/mol. The number of esters is 2. The lowest BCUT2D eigenvalue weighted by molar-refractivity contribution is -0.152. The number of hydrogen-bond acceptors (Lipinski definition) is 3. The van der Waals surface area contributed by atoms with Crippen molar-refractivity contribution in [1.29, 1.82) is 0 Å². The fourth-order valence-electron chi connectivity index (χ4n) is 5.48. The first-order valence-electron chi connectivity index (χ1n) is 16.6. The lowest BCUT2D eigenvalue weighted by Gasteiger charge is -2.04. The predicted octanol–water partition coefficient (Wildman–Crippen LogP) is 11.2. The van der Waals surface area contributed by atoms with Crippen LogP contribution in [0.5, 0.6) is 0 Å². The number of carbonyl (C=O) groups is 2. The number of allylic oxidation sites excluding steroid dienone is 1. The van der Waals surface area contributed by atoms with Crippen molar-refractivity contribution in [3.05, 3.63) is 12.2 Å². The molecule has 1 aliphatic heterocycles. The van der Waals surface area contributed by atoms with Gasteiger partial charge in [-0.2, -0.15) is 0 Å². The molecule has 0 bridgehead atoms. The highest BCUT2D eigenvalue weighted by molar-refractivity contribution is 5.95. The topological polar surface area (TPSA) is 43.4 Å². The van der Waals surface area contributed by atoms with Crippen LogP contribution in [0.2, 0.25) is 0 Å². The van der Waals surface area contributed by atoms with Crippen LogP contribution in [0.1, 0.15) is 187 Å². The van der Waals surface area contributed by atoms with E-state index in [1.807, 2.05) is 12.2 Å². The molecule has 0 saturated carbocycles. The van der Waals surface area contributed by atoms with E-state index in [0.29, 0.717) is 0 Å². The van der Waals surface area contributed by atoms with Gasteiger partial charge in [-0.05, 0) is 12.8 Å². The van der Waals surface area contributed by atoms with Crippen molar-refractivity contribution in [1.82, 2.24) is 0 Å². The molecule has 0 radical (unpaired) electrons. The van der Waals surface area contributed by atoms with Crippen LogP contribution < -0.4 is 0 Å². The second-order valence-corrected chi connectivity index (χ2v) is 11.7. The van der Waals surface area contributed by atoms with Crippen LogP contribution in [0.15, 0.2) is 12.2 Å². The summed E-state index contributed by atoms with van der Waals surface area (Å²) in [5.74, 6) is -1.11. The Kier molecular flexibility index (Phi) is 24.3. The minimum absolute atomic E-state index is 0.217. The number of carbonyl (C=O) groups excluding carboxylic acids is 2. The van der Waals surface area contributed by atoms with Crippen LogP contribution >= 0.6 is 0 Å². The third kappa shape index (κ3) is 22.6. The second-order valence-electron chi connectivity index (χ2n) is 11.7. The van der Waals surface area contributed by atoms with Crippen molar-refractivity contribution in [2.45, 2.75) is 187 Å². The summed E-state index contributed by atoms with van der Waals surface area (Å²) in [6.45, 7) is 2.30. The van der Waals surface area contributed by atoms with E-state index in [1.54, 1.807) is 0 Å². The summed E-state index contributed by atoms with van der Waals surface area (Å²) in [5.41, 5.74) is 0. The van der Waals surface area contributed by atoms with Gasteiger partial charge in [0.1, 0.15) is 0 Å². The van der Waals surface area contributed by atoms with Gasteiger partial charge in [0.25, 0.3) is 0 Å². The fourth-order valence-corrected chi connectivity index (χ4v) is 5.48. The van der Waals surface area contributed by atoms with Gasteiger partial charge in [-0.3, -0.25) is 9.59 Å². The summed E-state index contributed by atoms with van der Waals surface area (Å²) in [6.07, 6.45) is 42.0. The molecule has 0 aromatic rings. The molecule has 0 aliphatic carbocycles. The lowest BCUT2D eigenvalue weighted by Crippen LogP contribution is -2.03. The molecule has 1 saturated heterocycles. The van der Waals surface area contributed by atoms with E-state index < -0.39 is 0 Å². The summed E-state index contributed by atoms with van der Waals surface area (Å²) in [5, 5.41) is 0. The molecule has 0 amide bonds. The Morgan fingerprint density at radius 3 is 1.16 bits per heavy atom. The van der Waals surface area contributed by atoms with Crippen LogP contribution in [-0.4, -0.2) is 11.9 Å². The molecule has 0 N–H and O–H groups in total. The number of hydrogen-bond donors (Lipinski definition) is 0. The normalized spacial score (nSPS) is 15.8. The largest absolute Gasteiger partial charge is 0.393 e. The molecule has 1 unspecified atom stereocenters. The zero-order valence-electron chi connectivity index (χ0n) is 24.8. The molecule has 3 heteroatoms. The van der Waals surface area contributed by atoms with Gasteiger partial charge in [0.05, 0.1) is 12.3 Å². The molecule has 0 spiro atoms. The van der Waals surface area contributed by atoms with E-state index >= 15 is 0 Å². The lowest BCUT2D eigenvalue weighted by atomic mass is 10.0. The Labute approximate surface area is 231 Å². The van der Waals surface area contributed by atoms with E-state index in [-0.39, 0.29) is 24.3 Å². The summed E-state index contributed by atoms with van der Waals surface area (Å²) in [7, 11) is 0. The molecular formula is C34H62O3. The van der Waals surface area contributed by atoms with E-state index in [9.17, 15) is 9.59 Å². The fraction of sp³-hybridized carbons (Fsp3) is 0.882. The maximum atomic E-state index is 11.4. The van der Waals surface area contributed by atoms with Crippen LogP contribution in [0.4, 0.5) is 0 Å². The Morgan fingerprint density at radius 2 is 0.865 bits per heavy atom. The summed E-state index contributed by atoms with van der Waals surface area (Å²) in [6, 6.07) is 0. The Balaban J connectivity index is 1.66. The molecule has 0 aromatic heterocycles. The van der Waals surface area contributed by atoms with Gasteiger partial charge in [-0.1, -0.05) is 180 Å². The second kappa shape index (κ2) is 26.5. The Hall–Kier alpha value is -1.12. The van der Waals surface area contributed by atoms with E-state index in [0.717, 1.165) is 6.42 Å². The minimum atomic E-state index is -0.389. The van der Waals surface area contributed by atoms with Crippen molar-refractivity contribution >= 4 is 11.9 Å². The molecule has 1 rings (SSSR count). The van der Waals surface area contributed by atoms with Gasteiger partial charge in [-0.25, -0.2) is 0 Å². The monoisotopic (exact) mass is 518 g/mol. The number of ether oxygens (including phenoxy) is 1. The van der Waals surface area contributed by atoms with Crippen LogP contribution in [0.25, 0.3) is 0 Å². The average Bonchev–Trinajstić information content (AvgIpc) is 3.22. The Bertz CT molecular complexity index is 553. The first kappa shape index (κ1) is 33.9. The summed E-state index contributed by atoms with van der Waals surface area (Å²) in [4.78, 5) is 22.4. The third-order valence-electron chi connectivity index (χ3n) is 8.00. The first-order chi connectivity index (χ1) is 18.2. The quantitative estimate of drug-likeness (QED) is 0.0447. The molecule has 1 atom stereocenters. The number of unbranched alkanes of at least 4 members (excludes halogenated alkanes) is 26. The van der Waals surface area contributed by atoms with E-state index in [4.69, 9.17) is 0 Å². The highest BCUT2D eigenvalue weighted by atomic mass is 16.6. The van der Waals surface area contributed by atoms with E-state index in [1.165, 1.54) is 167 Å². The number of rotatable bonds is 28. The van der Waals surface area contributed by atoms with Gasteiger partial charge >= 0.3 is 11.9 Å². The molecule has 37 heavy (non-hydrogen) atoms. The van der Waals surface area contributed by atoms with Crippen LogP contribution in [0.3, 0.4) is 0 Å². The van der Waals surface area contributed by atoms with Gasteiger partial charge < -0.3 is 4.74 Å². The molecule has 1 fully saturated rings. The van der Waals surface area contributed by atoms with Crippen molar-refractivity contribution in [3.8, 4) is 0 Å². The molecular weight excluding hydrogens is 456 g/mol. The number of cyclic esters (lactones) is 2. The molecule has 216 valence electrons. The first-order valence-corrected chi connectivity index (χ1v) is 16.6. The van der Waals surface area contributed by atoms with Crippen molar-refractivity contribution < 1.29 is 14.3 Å². The molecule has 0 aromatic carbocycles. The SMILES string of the molecule is CCCCCCCCCCCCCCCCCCCCCCCCCCCCC=CC1CC(=O)OC1=O. The third-order valence-corrected chi connectivity index (χ3v) is 8.00. The molecule has 1 aliphatic rings. The summed E-state index contributed by atoms with van der Waals surface area (Å²) < 4.78 is 4.56. The Morgan fingerprint density at radius 1 is 0.541 bits per heavy atom. The van der Waals surface area contributed by atoms with E-state index in [2.05, 4.69) is 11.7 Å². The standard InChI is InChI=1S/C34H62O3/c1-2-3-4-5-6-7-8-9-10-11-12-13-14-15-16-17-18-19-20-21-22-23-24-25-26-27-28-29-30-32-31-33(35)37-34(32)36/h29-30,32H,2-28,31H2,1H3. The van der Waals surface area contributed by atoms with Gasteiger partial charge in [0, 0.05) is 0 Å². The highest BCUT2D eigenvalue weighted by Gasteiger charge is 2.30. The van der Waals surface area contributed by atoms with Crippen LogP contribution in [-0.2, 0) is 14.3 Å². The van der Waals surface area contributed by atoms with Gasteiger partial charge in [-0.15, -0.1) is 0 Å². The maximum absolute atomic E-state index is 11.4. The maximum Gasteiger partial charge on any atom is 0.321 e. The molecule has 1 heterocycles. The average molecular weight is 519 g/mol. The zero-order valence-corrected chi connectivity index (χ0v) is 24.8. The zero-order chi connectivity index (χ0) is 26.7. The smallest absolute Gasteiger partial charge is 0.321 e. The van der Waals surface area contributed by atoms with Gasteiger partial charge in [0.2, 0.25) is 0 Å². The van der Waals surface area contributed by atoms with Gasteiger partial charge in [0.15, 0.2) is 0 Å². The molecule has 3 nitrogen and oxygen atoms in total. The van der Waals surface area contributed by atoms with Crippen molar-refractivity contribution in [3.63, 3.8) is 0 Å². The van der Waals surface area contributed by atoms with Crippen molar-refractivity contribution in [2.24, 2.45) is 5.92 Å².